The van der Waals surface area contributed by atoms with Crippen molar-refractivity contribution in [1.29, 1.82) is 0 Å². The van der Waals surface area contributed by atoms with Crippen LogP contribution >= 0.6 is 11.3 Å². The van der Waals surface area contributed by atoms with Crippen LogP contribution in [0.25, 0.3) is 0 Å². The van der Waals surface area contributed by atoms with E-state index in [1.54, 1.807) is 6.07 Å². The second-order valence-corrected chi connectivity index (χ2v) is 8.08. The minimum absolute atomic E-state index is 0.153. The summed E-state index contributed by atoms with van der Waals surface area (Å²) in [5.41, 5.74) is 6.22. The van der Waals surface area contributed by atoms with Crippen LogP contribution in [0.15, 0.2) is 28.4 Å². The van der Waals surface area contributed by atoms with Crippen molar-refractivity contribution in [1.82, 2.24) is 20.2 Å². The molecule has 1 aliphatic carbocycles. The number of rotatable bonds is 4. The minimum atomic E-state index is -0.188. The maximum absolute atomic E-state index is 12.4. The van der Waals surface area contributed by atoms with Crippen molar-refractivity contribution in [3.63, 3.8) is 0 Å². The Bertz CT molecular complexity index is 820. The summed E-state index contributed by atoms with van der Waals surface area (Å²) < 4.78 is 0. The van der Waals surface area contributed by atoms with Crippen LogP contribution in [0.4, 0.5) is 5.95 Å². The summed E-state index contributed by atoms with van der Waals surface area (Å²) in [6.07, 6.45) is 3.91. The summed E-state index contributed by atoms with van der Waals surface area (Å²) in [6, 6.07) is 6.26. The van der Waals surface area contributed by atoms with E-state index in [4.69, 9.17) is 5.73 Å². The molecule has 8 heteroatoms. The lowest BCUT2D eigenvalue weighted by Crippen LogP contribution is -2.51. The molecule has 1 saturated carbocycles. The molecule has 2 aliphatic rings. The summed E-state index contributed by atoms with van der Waals surface area (Å²) in [7, 11) is 0. The largest absolute Gasteiger partial charge is 0.369 e. The molecule has 4 N–H and O–H groups in total. The van der Waals surface area contributed by atoms with Crippen LogP contribution in [0.3, 0.4) is 0 Å². The van der Waals surface area contributed by atoms with E-state index >= 15 is 0 Å². The standard InChI is InChI=1S/C18H23N5O2S/c19-18-21-14(10-16(24)22-18)11-8-13(9-11)20-12-3-5-23(6-4-12)17(25)15-2-1-7-26-15/h1-2,7,10-13,20H,3-6,8-9H2,(H3,19,21,22,24). The molecule has 0 radical (unpaired) electrons. The number of nitrogen functional groups attached to an aromatic ring is 1. The molecule has 0 spiro atoms. The number of hydrogen-bond acceptors (Lipinski definition) is 6. The van der Waals surface area contributed by atoms with Gasteiger partial charge in [-0.3, -0.25) is 14.6 Å². The SMILES string of the molecule is Nc1nc(C2CC(NC3CCN(C(=O)c4cccs4)CC3)C2)cc(=O)[nH]1. The molecule has 0 unspecified atom stereocenters. The van der Waals surface area contributed by atoms with Gasteiger partial charge in [0.15, 0.2) is 0 Å². The summed E-state index contributed by atoms with van der Waals surface area (Å²) in [4.78, 5) is 33.4. The molecule has 0 bridgehead atoms. The van der Waals surface area contributed by atoms with E-state index in [2.05, 4.69) is 15.3 Å². The third-order valence-electron chi connectivity index (χ3n) is 5.32. The average molecular weight is 373 g/mol. The quantitative estimate of drug-likeness (QED) is 0.754. The van der Waals surface area contributed by atoms with Gasteiger partial charge >= 0.3 is 0 Å². The number of nitrogens with one attached hydrogen (secondary N) is 2. The van der Waals surface area contributed by atoms with Crippen molar-refractivity contribution in [2.75, 3.05) is 18.8 Å². The van der Waals surface area contributed by atoms with Gasteiger partial charge in [-0.05, 0) is 37.1 Å². The van der Waals surface area contributed by atoms with Crippen molar-refractivity contribution in [3.05, 3.63) is 44.5 Å². The normalized spacial score (nSPS) is 23.6. The minimum Gasteiger partial charge on any atom is -0.369 e. The van der Waals surface area contributed by atoms with E-state index in [1.807, 2.05) is 22.4 Å². The molecule has 1 amide bonds. The first kappa shape index (κ1) is 17.2. The van der Waals surface area contributed by atoms with Gasteiger partial charge in [0.1, 0.15) is 0 Å². The summed E-state index contributed by atoms with van der Waals surface area (Å²) >= 11 is 1.50. The molecule has 0 aromatic carbocycles. The fraction of sp³-hybridized carbons (Fsp3) is 0.500. The average Bonchev–Trinajstić information content (AvgIpc) is 3.11. The smallest absolute Gasteiger partial charge is 0.263 e. The molecule has 2 aromatic rings. The van der Waals surface area contributed by atoms with E-state index in [9.17, 15) is 9.59 Å². The molecule has 1 aliphatic heterocycles. The van der Waals surface area contributed by atoms with Crippen molar-refractivity contribution in [2.24, 2.45) is 0 Å². The topological polar surface area (TPSA) is 104 Å². The summed E-state index contributed by atoms with van der Waals surface area (Å²) in [5, 5.41) is 5.64. The molecular formula is C18H23N5O2S. The Morgan fingerprint density at radius 2 is 2.08 bits per heavy atom. The predicted octanol–water partition coefficient (Wildman–Crippen LogP) is 1.55. The first-order valence-corrected chi connectivity index (χ1v) is 9.92. The maximum atomic E-state index is 12.4. The Hall–Kier alpha value is -2.19. The molecule has 2 fully saturated rings. The van der Waals surface area contributed by atoms with E-state index < -0.39 is 0 Å². The number of H-pyrrole nitrogens is 1. The Balaban J connectivity index is 1.23. The lowest BCUT2D eigenvalue weighted by atomic mass is 9.77. The number of carbonyl (C=O) groups excluding carboxylic acids is 1. The van der Waals surface area contributed by atoms with Crippen LogP contribution < -0.4 is 16.6 Å². The number of anilines is 1. The third kappa shape index (κ3) is 3.66. The van der Waals surface area contributed by atoms with E-state index in [0.29, 0.717) is 18.0 Å². The number of piperidine rings is 1. The zero-order chi connectivity index (χ0) is 18.1. The number of aromatic amines is 1. The fourth-order valence-corrected chi connectivity index (χ4v) is 4.53. The van der Waals surface area contributed by atoms with Gasteiger partial charge < -0.3 is 16.0 Å². The highest BCUT2D eigenvalue weighted by Gasteiger charge is 2.34. The summed E-state index contributed by atoms with van der Waals surface area (Å²) in [6.45, 7) is 1.60. The summed E-state index contributed by atoms with van der Waals surface area (Å²) in [5.74, 6) is 0.643. The number of aromatic nitrogens is 2. The predicted molar refractivity (Wildman–Crippen MR) is 101 cm³/mol. The highest BCUT2D eigenvalue weighted by atomic mass is 32.1. The van der Waals surface area contributed by atoms with Crippen molar-refractivity contribution in [2.45, 2.75) is 43.7 Å². The molecular weight excluding hydrogens is 350 g/mol. The van der Waals surface area contributed by atoms with Gasteiger partial charge in [-0.15, -0.1) is 11.3 Å². The van der Waals surface area contributed by atoms with Crippen LogP contribution in [0.2, 0.25) is 0 Å². The first-order chi connectivity index (χ1) is 12.6. The van der Waals surface area contributed by atoms with E-state index in [0.717, 1.165) is 49.3 Å². The molecule has 138 valence electrons. The zero-order valence-electron chi connectivity index (χ0n) is 14.5. The van der Waals surface area contributed by atoms with Gasteiger partial charge in [-0.25, -0.2) is 4.98 Å². The lowest BCUT2D eigenvalue weighted by molar-refractivity contribution is 0.0700. The first-order valence-electron chi connectivity index (χ1n) is 9.04. The number of carbonyl (C=O) groups is 1. The molecule has 3 heterocycles. The number of thiophene rings is 1. The van der Waals surface area contributed by atoms with E-state index in [1.165, 1.54) is 11.3 Å². The number of hydrogen-bond donors (Lipinski definition) is 3. The van der Waals surface area contributed by atoms with Crippen molar-refractivity contribution in [3.8, 4) is 0 Å². The third-order valence-corrected chi connectivity index (χ3v) is 6.18. The number of nitrogens with two attached hydrogens (primary N) is 1. The fourth-order valence-electron chi connectivity index (χ4n) is 3.84. The van der Waals surface area contributed by atoms with Gasteiger partial charge in [0, 0.05) is 37.2 Å². The van der Waals surface area contributed by atoms with E-state index in [-0.39, 0.29) is 17.4 Å². The van der Waals surface area contributed by atoms with Crippen molar-refractivity contribution >= 4 is 23.2 Å². The molecule has 7 nitrogen and oxygen atoms in total. The second kappa shape index (κ2) is 7.20. The molecule has 1 saturated heterocycles. The number of likely N-dealkylation sites (tertiary alicyclic amines) is 1. The Labute approximate surface area is 155 Å². The number of amides is 1. The second-order valence-electron chi connectivity index (χ2n) is 7.13. The van der Waals surface area contributed by atoms with Gasteiger partial charge in [0.2, 0.25) is 5.95 Å². The highest BCUT2D eigenvalue weighted by Crippen LogP contribution is 2.36. The lowest BCUT2D eigenvalue weighted by Gasteiger charge is -2.40. The Kier molecular flexibility index (Phi) is 4.78. The van der Waals surface area contributed by atoms with Gasteiger partial charge in [0.25, 0.3) is 11.5 Å². The Morgan fingerprint density at radius 1 is 1.31 bits per heavy atom. The number of nitrogens with zero attached hydrogens (tertiary/aromatic N) is 2. The Morgan fingerprint density at radius 3 is 2.73 bits per heavy atom. The van der Waals surface area contributed by atoms with Crippen molar-refractivity contribution < 1.29 is 4.79 Å². The highest BCUT2D eigenvalue weighted by molar-refractivity contribution is 7.12. The van der Waals surface area contributed by atoms with Crippen LogP contribution in [0.1, 0.15) is 47.0 Å². The van der Waals surface area contributed by atoms with Crippen LogP contribution in [-0.4, -0.2) is 45.9 Å². The van der Waals surface area contributed by atoms with Gasteiger partial charge in [-0.2, -0.15) is 0 Å². The van der Waals surface area contributed by atoms with Crippen LogP contribution in [0.5, 0.6) is 0 Å². The molecule has 4 rings (SSSR count). The monoisotopic (exact) mass is 373 g/mol. The van der Waals surface area contributed by atoms with Crippen LogP contribution in [-0.2, 0) is 0 Å². The molecule has 2 aromatic heterocycles. The van der Waals surface area contributed by atoms with Crippen LogP contribution in [0, 0.1) is 0 Å². The zero-order valence-corrected chi connectivity index (χ0v) is 15.3. The maximum Gasteiger partial charge on any atom is 0.263 e. The van der Waals surface area contributed by atoms with Gasteiger partial charge in [-0.1, -0.05) is 6.07 Å². The molecule has 0 atom stereocenters. The van der Waals surface area contributed by atoms with Gasteiger partial charge in [0.05, 0.1) is 10.6 Å². The molecule has 26 heavy (non-hydrogen) atoms.